The number of hydrogen-bond donors (Lipinski definition) is 1. The van der Waals surface area contributed by atoms with Crippen LogP contribution in [0.4, 0.5) is 10.5 Å². The Morgan fingerprint density at radius 2 is 1.92 bits per heavy atom. The molecule has 3 nitrogen and oxygen atoms in total. The Hall–Kier alpha value is -2.29. The summed E-state index contributed by atoms with van der Waals surface area (Å²) in [6.45, 7) is 5.06. The Bertz CT molecular complexity index is 708. The van der Waals surface area contributed by atoms with Gasteiger partial charge in [0.1, 0.15) is 0 Å². The number of nitrogens with zero attached hydrogens (tertiary/aromatic N) is 1. The smallest absolute Gasteiger partial charge is 0.317 e. The number of rotatable bonds is 3. The molecule has 3 rings (SSSR count). The number of benzene rings is 2. The third-order valence-corrected chi connectivity index (χ3v) is 5.05. The van der Waals surface area contributed by atoms with Gasteiger partial charge in [-0.05, 0) is 49.4 Å². The van der Waals surface area contributed by atoms with Crippen LogP contribution in [-0.4, -0.2) is 17.5 Å². The van der Waals surface area contributed by atoms with E-state index >= 15 is 0 Å². The molecule has 25 heavy (non-hydrogen) atoms. The monoisotopic (exact) mass is 336 g/mol. The summed E-state index contributed by atoms with van der Waals surface area (Å²) >= 11 is 0. The Kier molecular flexibility index (Phi) is 5.75. The highest BCUT2D eigenvalue weighted by Gasteiger charge is 2.26. The molecule has 2 aromatic rings. The molecular weight excluding hydrogens is 308 g/mol. The molecule has 1 heterocycles. The fourth-order valence-corrected chi connectivity index (χ4v) is 3.59. The fourth-order valence-electron chi connectivity index (χ4n) is 3.59. The third kappa shape index (κ3) is 4.41. The predicted octanol–water partition coefficient (Wildman–Crippen LogP) is 5.71. The number of urea groups is 1. The maximum atomic E-state index is 13.0. The average molecular weight is 336 g/mol. The van der Waals surface area contributed by atoms with Crippen molar-refractivity contribution in [2.75, 3.05) is 11.9 Å². The van der Waals surface area contributed by atoms with Gasteiger partial charge in [0, 0.05) is 12.2 Å². The molecule has 0 radical (unpaired) electrons. The summed E-state index contributed by atoms with van der Waals surface area (Å²) in [5.41, 5.74) is 4.65. The first-order chi connectivity index (χ1) is 12.2. The van der Waals surface area contributed by atoms with Crippen LogP contribution in [-0.2, 0) is 6.42 Å². The second-order valence-corrected chi connectivity index (χ2v) is 6.95. The van der Waals surface area contributed by atoms with E-state index in [0.29, 0.717) is 0 Å². The Balaban J connectivity index is 1.79. The molecule has 1 aliphatic heterocycles. The van der Waals surface area contributed by atoms with Gasteiger partial charge < -0.3 is 10.2 Å². The molecule has 1 N–H and O–H groups in total. The van der Waals surface area contributed by atoms with Crippen LogP contribution in [0.25, 0.3) is 0 Å². The van der Waals surface area contributed by atoms with E-state index in [4.69, 9.17) is 0 Å². The SMILES string of the molecule is CCc1ccc(NC(=O)N2CCCCCC2c2cccc(C)c2)cc1. The number of aryl methyl sites for hydroxylation is 2. The summed E-state index contributed by atoms with van der Waals surface area (Å²) in [5.74, 6) is 0. The van der Waals surface area contributed by atoms with Crippen LogP contribution in [0, 0.1) is 6.92 Å². The van der Waals surface area contributed by atoms with Crippen molar-refractivity contribution in [3.8, 4) is 0 Å². The molecule has 1 atom stereocenters. The van der Waals surface area contributed by atoms with Crippen molar-refractivity contribution in [2.24, 2.45) is 0 Å². The number of carbonyl (C=O) groups excluding carboxylic acids is 1. The van der Waals surface area contributed by atoms with E-state index in [2.05, 4.69) is 55.6 Å². The van der Waals surface area contributed by atoms with E-state index in [1.165, 1.54) is 29.5 Å². The van der Waals surface area contributed by atoms with Gasteiger partial charge in [0.05, 0.1) is 6.04 Å². The van der Waals surface area contributed by atoms with Gasteiger partial charge in [-0.1, -0.05) is 61.7 Å². The lowest BCUT2D eigenvalue weighted by atomic mass is 9.99. The molecule has 132 valence electrons. The first kappa shape index (κ1) is 17.5. The van der Waals surface area contributed by atoms with Crippen LogP contribution in [0.3, 0.4) is 0 Å². The van der Waals surface area contributed by atoms with Crippen molar-refractivity contribution in [3.05, 3.63) is 65.2 Å². The molecular formula is C22H28N2O. The summed E-state index contributed by atoms with van der Waals surface area (Å²) in [7, 11) is 0. The molecule has 0 aliphatic carbocycles. The lowest BCUT2D eigenvalue weighted by Crippen LogP contribution is -2.38. The minimum absolute atomic E-state index is 0.0117. The standard InChI is InChI=1S/C22H28N2O/c1-3-18-11-13-20(14-12-18)23-22(25)24-15-6-4-5-10-21(24)19-9-7-8-17(2)16-19/h7-9,11-14,16,21H,3-6,10,15H2,1-2H3,(H,23,25). The number of hydrogen-bond acceptors (Lipinski definition) is 1. The first-order valence-electron chi connectivity index (χ1n) is 9.40. The van der Waals surface area contributed by atoms with E-state index in [1.54, 1.807) is 0 Å². The Labute approximate surface area is 151 Å². The number of anilines is 1. The normalized spacial score (nSPS) is 17.8. The molecule has 3 heteroatoms. The van der Waals surface area contributed by atoms with Crippen LogP contribution in [0.5, 0.6) is 0 Å². The van der Waals surface area contributed by atoms with Gasteiger partial charge >= 0.3 is 6.03 Å². The highest BCUT2D eigenvalue weighted by molar-refractivity contribution is 5.89. The second kappa shape index (κ2) is 8.19. The van der Waals surface area contributed by atoms with E-state index in [0.717, 1.165) is 31.5 Å². The molecule has 0 aromatic heterocycles. The minimum Gasteiger partial charge on any atom is -0.317 e. The van der Waals surface area contributed by atoms with Crippen molar-refractivity contribution in [1.29, 1.82) is 0 Å². The van der Waals surface area contributed by atoms with Gasteiger partial charge in [-0.15, -0.1) is 0 Å². The Morgan fingerprint density at radius 1 is 1.12 bits per heavy atom. The number of amides is 2. The van der Waals surface area contributed by atoms with Crippen LogP contribution < -0.4 is 5.32 Å². The van der Waals surface area contributed by atoms with Gasteiger partial charge in [0.2, 0.25) is 0 Å². The minimum atomic E-state index is 0.0117. The van der Waals surface area contributed by atoms with E-state index in [1.807, 2.05) is 17.0 Å². The highest BCUT2D eigenvalue weighted by Crippen LogP contribution is 2.31. The van der Waals surface area contributed by atoms with Crippen molar-refractivity contribution >= 4 is 11.7 Å². The average Bonchev–Trinajstić information content (AvgIpc) is 2.88. The summed E-state index contributed by atoms with van der Waals surface area (Å²) in [6.07, 6.45) is 5.48. The molecule has 0 spiro atoms. The molecule has 1 aliphatic rings. The fraction of sp³-hybridized carbons (Fsp3) is 0.409. The highest BCUT2D eigenvalue weighted by atomic mass is 16.2. The second-order valence-electron chi connectivity index (χ2n) is 6.95. The maximum Gasteiger partial charge on any atom is 0.322 e. The van der Waals surface area contributed by atoms with Gasteiger partial charge in [-0.2, -0.15) is 0 Å². The van der Waals surface area contributed by atoms with Gasteiger partial charge in [0.25, 0.3) is 0 Å². The van der Waals surface area contributed by atoms with Crippen LogP contribution in [0.1, 0.15) is 55.3 Å². The summed E-state index contributed by atoms with van der Waals surface area (Å²) < 4.78 is 0. The van der Waals surface area contributed by atoms with Crippen LogP contribution in [0.2, 0.25) is 0 Å². The topological polar surface area (TPSA) is 32.3 Å². The predicted molar refractivity (Wildman–Crippen MR) is 104 cm³/mol. The molecule has 0 saturated carbocycles. The number of carbonyl (C=O) groups is 1. The van der Waals surface area contributed by atoms with E-state index in [9.17, 15) is 4.79 Å². The molecule has 2 amide bonds. The summed E-state index contributed by atoms with van der Waals surface area (Å²) in [6, 6.07) is 16.9. The third-order valence-electron chi connectivity index (χ3n) is 5.05. The van der Waals surface area contributed by atoms with Crippen molar-refractivity contribution in [3.63, 3.8) is 0 Å². The Morgan fingerprint density at radius 3 is 2.64 bits per heavy atom. The largest absolute Gasteiger partial charge is 0.322 e. The van der Waals surface area contributed by atoms with E-state index < -0.39 is 0 Å². The van der Waals surface area contributed by atoms with Crippen molar-refractivity contribution in [1.82, 2.24) is 4.90 Å². The molecule has 1 unspecified atom stereocenters. The van der Waals surface area contributed by atoms with Gasteiger partial charge in [-0.3, -0.25) is 0 Å². The zero-order valence-electron chi connectivity index (χ0n) is 15.3. The molecule has 0 bridgehead atoms. The van der Waals surface area contributed by atoms with Gasteiger partial charge in [-0.25, -0.2) is 4.79 Å². The molecule has 1 fully saturated rings. The lowest BCUT2D eigenvalue weighted by molar-refractivity contribution is 0.189. The molecule has 1 saturated heterocycles. The lowest BCUT2D eigenvalue weighted by Gasteiger charge is -2.31. The zero-order valence-corrected chi connectivity index (χ0v) is 15.3. The number of likely N-dealkylation sites (tertiary alicyclic amines) is 1. The van der Waals surface area contributed by atoms with Gasteiger partial charge in [0.15, 0.2) is 0 Å². The van der Waals surface area contributed by atoms with Crippen molar-refractivity contribution in [2.45, 2.75) is 52.0 Å². The van der Waals surface area contributed by atoms with Crippen LogP contribution in [0.15, 0.2) is 48.5 Å². The maximum absolute atomic E-state index is 13.0. The van der Waals surface area contributed by atoms with Crippen LogP contribution >= 0.6 is 0 Å². The number of nitrogens with one attached hydrogen (secondary N) is 1. The van der Waals surface area contributed by atoms with E-state index in [-0.39, 0.29) is 12.1 Å². The summed E-state index contributed by atoms with van der Waals surface area (Å²) in [4.78, 5) is 15.0. The molecule has 2 aromatic carbocycles. The summed E-state index contributed by atoms with van der Waals surface area (Å²) in [5, 5.41) is 3.09. The van der Waals surface area contributed by atoms with Crippen molar-refractivity contribution < 1.29 is 4.79 Å². The quantitative estimate of drug-likeness (QED) is 0.765. The first-order valence-corrected chi connectivity index (χ1v) is 9.40. The zero-order chi connectivity index (χ0) is 17.6.